The van der Waals surface area contributed by atoms with Crippen molar-refractivity contribution in [3.05, 3.63) is 11.9 Å². The summed E-state index contributed by atoms with van der Waals surface area (Å²) in [6, 6.07) is 1.93. The molecule has 0 saturated heterocycles. The van der Waals surface area contributed by atoms with E-state index in [9.17, 15) is 5.11 Å². The van der Waals surface area contributed by atoms with Crippen LogP contribution in [0.25, 0.3) is 0 Å². The Hall–Kier alpha value is -1.36. The number of aliphatic hydroxyl groups is 1. The lowest BCUT2D eigenvalue weighted by molar-refractivity contribution is 0.149. The standard InChI is InChI=1S/C16H28N4O/c1-4-6-13-18-14(17-3)9-15(19-13)20-16(11-21)8-5-7-12(2)10-16/h9,12,21H,4-8,10-11H2,1-3H3,(H2,17,18,19,20). The van der Waals surface area contributed by atoms with E-state index in [1.54, 1.807) is 0 Å². The minimum Gasteiger partial charge on any atom is -0.394 e. The Morgan fingerprint density at radius 2 is 2.14 bits per heavy atom. The van der Waals surface area contributed by atoms with Gasteiger partial charge in [-0.2, -0.15) is 0 Å². The number of hydrogen-bond donors (Lipinski definition) is 3. The highest BCUT2D eigenvalue weighted by atomic mass is 16.3. The third kappa shape index (κ3) is 4.06. The van der Waals surface area contributed by atoms with Gasteiger partial charge in [0.2, 0.25) is 0 Å². The van der Waals surface area contributed by atoms with Gasteiger partial charge in [-0.15, -0.1) is 0 Å². The van der Waals surface area contributed by atoms with Gasteiger partial charge in [0.1, 0.15) is 17.5 Å². The molecule has 1 aromatic heterocycles. The molecule has 5 nitrogen and oxygen atoms in total. The van der Waals surface area contributed by atoms with Gasteiger partial charge in [0, 0.05) is 19.5 Å². The normalized spacial score (nSPS) is 25.6. The van der Waals surface area contributed by atoms with Crippen LogP contribution < -0.4 is 10.6 Å². The quantitative estimate of drug-likeness (QED) is 0.752. The molecule has 1 aliphatic carbocycles. The van der Waals surface area contributed by atoms with Crippen LogP contribution in [0.5, 0.6) is 0 Å². The van der Waals surface area contributed by atoms with Gasteiger partial charge < -0.3 is 15.7 Å². The first-order chi connectivity index (χ1) is 10.1. The highest BCUT2D eigenvalue weighted by Crippen LogP contribution is 2.34. The molecule has 1 aromatic rings. The van der Waals surface area contributed by atoms with Crippen LogP contribution in [0.3, 0.4) is 0 Å². The molecule has 21 heavy (non-hydrogen) atoms. The van der Waals surface area contributed by atoms with Crippen LogP contribution in [0.15, 0.2) is 6.07 Å². The Kier molecular flexibility index (Phi) is 5.39. The molecule has 1 fully saturated rings. The van der Waals surface area contributed by atoms with Crippen LogP contribution >= 0.6 is 0 Å². The van der Waals surface area contributed by atoms with E-state index in [2.05, 4.69) is 34.4 Å². The van der Waals surface area contributed by atoms with E-state index in [0.717, 1.165) is 49.6 Å². The maximum atomic E-state index is 9.90. The minimum absolute atomic E-state index is 0.152. The summed E-state index contributed by atoms with van der Waals surface area (Å²) in [4.78, 5) is 9.08. The van der Waals surface area contributed by atoms with Crippen molar-refractivity contribution in [3.8, 4) is 0 Å². The number of aliphatic hydroxyl groups excluding tert-OH is 1. The Morgan fingerprint density at radius 1 is 1.38 bits per heavy atom. The van der Waals surface area contributed by atoms with Gasteiger partial charge in [0.15, 0.2) is 0 Å². The summed E-state index contributed by atoms with van der Waals surface area (Å²) in [5, 5.41) is 16.5. The van der Waals surface area contributed by atoms with Crippen molar-refractivity contribution < 1.29 is 5.11 Å². The largest absolute Gasteiger partial charge is 0.394 e. The van der Waals surface area contributed by atoms with Gasteiger partial charge in [0.25, 0.3) is 0 Å². The lowest BCUT2D eigenvalue weighted by Crippen LogP contribution is -2.46. The van der Waals surface area contributed by atoms with E-state index in [1.165, 1.54) is 6.42 Å². The van der Waals surface area contributed by atoms with Crippen LogP contribution in [-0.4, -0.2) is 34.3 Å². The molecule has 0 radical (unpaired) electrons. The number of hydrogen-bond acceptors (Lipinski definition) is 5. The van der Waals surface area contributed by atoms with Crippen LogP contribution in [0, 0.1) is 5.92 Å². The van der Waals surface area contributed by atoms with Crippen molar-refractivity contribution in [3.63, 3.8) is 0 Å². The van der Waals surface area contributed by atoms with E-state index < -0.39 is 0 Å². The van der Waals surface area contributed by atoms with Gasteiger partial charge in [-0.05, 0) is 25.2 Å². The van der Waals surface area contributed by atoms with Crippen molar-refractivity contribution >= 4 is 11.6 Å². The summed E-state index contributed by atoms with van der Waals surface area (Å²) in [6.07, 6.45) is 6.28. The molecule has 0 aliphatic heterocycles. The fourth-order valence-corrected chi connectivity index (χ4v) is 3.25. The average Bonchev–Trinajstić information content (AvgIpc) is 2.47. The Bertz CT molecular complexity index is 466. The second kappa shape index (κ2) is 7.07. The zero-order valence-corrected chi connectivity index (χ0v) is 13.4. The highest BCUT2D eigenvalue weighted by Gasteiger charge is 2.34. The second-order valence-electron chi connectivity index (χ2n) is 6.32. The molecule has 3 N–H and O–H groups in total. The first-order valence-corrected chi connectivity index (χ1v) is 8.05. The molecule has 0 bridgehead atoms. The SMILES string of the molecule is CCCc1nc(NC)cc(NC2(CO)CCCC(C)C2)n1. The van der Waals surface area contributed by atoms with Crippen LogP contribution in [0.1, 0.15) is 51.8 Å². The molecule has 1 saturated carbocycles. The van der Waals surface area contributed by atoms with Crippen LogP contribution in [0.2, 0.25) is 0 Å². The van der Waals surface area contributed by atoms with E-state index >= 15 is 0 Å². The molecule has 1 heterocycles. The van der Waals surface area contributed by atoms with Gasteiger partial charge >= 0.3 is 0 Å². The van der Waals surface area contributed by atoms with Crippen molar-refractivity contribution in [1.29, 1.82) is 0 Å². The Labute approximate surface area is 127 Å². The lowest BCUT2D eigenvalue weighted by atomic mass is 9.77. The number of anilines is 2. The second-order valence-corrected chi connectivity index (χ2v) is 6.32. The zero-order valence-electron chi connectivity index (χ0n) is 13.4. The van der Waals surface area contributed by atoms with Crippen molar-refractivity contribution in [1.82, 2.24) is 9.97 Å². The number of nitrogens with zero attached hydrogens (tertiary/aromatic N) is 2. The summed E-state index contributed by atoms with van der Waals surface area (Å²) in [5.41, 5.74) is -0.236. The van der Waals surface area contributed by atoms with Crippen molar-refractivity contribution in [2.45, 2.75) is 57.9 Å². The van der Waals surface area contributed by atoms with Crippen LogP contribution in [-0.2, 0) is 6.42 Å². The number of rotatable bonds is 6. The van der Waals surface area contributed by atoms with Gasteiger partial charge in [-0.25, -0.2) is 9.97 Å². The van der Waals surface area contributed by atoms with Crippen molar-refractivity contribution in [2.75, 3.05) is 24.3 Å². The van der Waals surface area contributed by atoms with Gasteiger partial charge in [0.05, 0.1) is 12.1 Å². The molecule has 2 rings (SSSR count). The van der Waals surface area contributed by atoms with Gasteiger partial charge in [-0.3, -0.25) is 0 Å². The number of aryl methyl sites for hydroxylation is 1. The number of nitrogens with one attached hydrogen (secondary N) is 2. The summed E-state index contributed by atoms with van der Waals surface area (Å²) in [5.74, 6) is 3.14. The van der Waals surface area contributed by atoms with Gasteiger partial charge in [-0.1, -0.05) is 26.7 Å². The average molecular weight is 292 g/mol. The smallest absolute Gasteiger partial charge is 0.133 e. The topological polar surface area (TPSA) is 70.1 Å². The molecule has 0 amide bonds. The fraction of sp³-hybridized carbons (Fsp3) is 0.750. The third-order valence-electron chi connectivity index (χ3n) is 4.29. The fourth-order valence-electron chi connectivity index (χ4n) is 3.25. The molecule has 2 atom stereocenters. The van der Waals surface area contributed by atoms with E-state index in [1.807, 2.05) is 13.1 Å². The maximum absolute atomic E-state index is 9.90. The number of aromatic nitrogens is 2. The van der Waals surface area contributed by atoms with E-state index in [4.69, 9.17) is 0 Å². The molecule has 118 valence electrons. The Morgan fingerprint density at radius 3 is 2.76 bits per heavy atom. The first kappa shape index (κ1) is 16.0. The van der Waals surface area contributed by atoms with E-state index in [-0.39, 0.29) is 12.1 Å². The molecule has 2 unspecified atom stereocenters. The first-order valence-electron chi connectivity index (χ1n) is 8.05. The summed E-state index contributed by atoms with van der Waals surface area (Å²) < 4.78 is 0. The monoisotopic (exact) mass is 292 g/mol. The Balaban J connectivity index is 2.21. The third-order valence-corrected chi connectivity index (χ3v) is 4.29. The lowest BCUT2D eigenvalue weighted by Gasteiger charge is -2.39. The molecule has 1 aliphatic rings. The van der Waals surface area contributed by atoms with Crippen molar-refractivity contribution in [2.24, 2.45) is 5.92 Å². The molecular weight excluding hydrogens is 264 g/mol. The summed E-state index contributed by atoms with van der Waals surface area (Å²) in [7, 11) is 1.87. The predicted molar refractivity (Wildman–Crippen MR) is 86.6 cm³/mol. The molecule has 0 aromatic carbocycles. The molecular formula is C16H28N4O. The van der Waals surface area contributed by atoms with Crippen LogP contribution in [0.4, 0.5) is 11.6 Å². The summed E-state index contributed by atoms with van der Waals surface area (Å²) >= 11 is 0. The maximum Gasteiger partial charge on any atom is 0.133 e. The minimum atomic E-state index is -0.236. The zero-order chi connectivity index (χ0) is 15.3. The summed E-state index contributed by atoms with van der Waals surface area (Å²) in [6.45, 7) is 4.53. The predicted octanol–water partition coefficient (Wildman–Crippen LogP) is 2.82. The molecule has 0 spiro atoms. The van der Waals surface area contributed by atoms with E-state index in [0.29, 0.717) is 5.92 Å². The highest BCUT2D eigenvalue weighted by molar-refractivity contribution is 5.49. The molecule has 5 heteroatoms.